The third kappa shape index (κ3) is 1.48. The molecule has 0 aromatic rings. The molecule has 2 aliphatic rings. The molecule has 2 saturated heterocycles. The van der Waals surface area contributed by atoms with Gasteiger partial charge in [0.05, 0.1) is 25.8 Å². The van der Waals surface area contributed by atoms with Gasteiger partial charge in [0.25, 0.3) is 0 Å². The molecule has 74 valence electrons. The number of carbonyl (C=O) groups is 1. The first-order chi connectivity index (χ1) is 6.23. The van der Waals surface area contributed by atoms with Crippen LogP contribution in [0, 0.1) is 0 Å². The van der Waals surface area contributed by atoms with Crippen LogP contribution in [0.3, 0.4) is 0 Å². The number of ether oxygens (including phenoxy) is 2. The molecule has 0 radical (unpaired) electrons. The van der Waals surface area contributed by atoms with Gasteiger partial charge in [-0.25, -0.2) is 4.79 Å². The molecule has 2 heterocycles. The Kier molecular flexibility index (Phi) is 2.10. The Bertz CT molecular complexity index is 209. The molecule has 0 aromatic carbocycles. The molecule has 6 nitrogen and oxygen atoms in total. The van der Waals surface area contributed by atoms with Crippen molar-refractivity contribution >= 4 is 6.09 Å². The predicted octanol–water partition coefficient (Wildman–Crippen LogP) is -1.03. The van der Waals surface area contributed by atoms with Gasteiger partial charge in [-0.2, -0.15) is 0 Å². The van der Waals surface area contributed by atoms with Gasteiger partial charge in [0, 0.05) is 6.54 Å². The molecule has 13 heavy (non-hydrogen) atoms. The van der Waals surface area contributed by atoms with Crippen LogP contribution in [0.1, 0.15) is 0 Å². The quantitative estimate of drug-likeness (QED) is 0.490. The molecule has 0 aromatic heterocycles. The lowest BCUT2D eigenvalue weighted by molar-refractivity contribution is -0.153. The van der Waals surface area contributed by atoms with Gasteiger partial charge in [0.1, 0.15) is 0 Å². The van der Waals surface area contributed by atoms with Crippen LogP contribution in [0.5, 0.6) is 0 Å². The monoisotopic (exact) mass is 188 g/mol. The molecule has 1 atom stereocenters. The van der Waals surface area contributed by atoms with E-state index >= 15 is 0 Å². The summed E-state index contributed by atoms with van der Waals surface area (Å²) in [6, 6.07) is -0.313. The number of nitrogens with one attached hydrogen (secondary N) is 2. The van der Waals surface area contributed by atoms with E-state index in [9.17, 15) is 4.79 Å². The van der Waals surface area contributed by atoms with Crippen LogP contribution >= 0.6 is 0 Å². The number of rotatable bonds is 1. The standard InChI is InChI=1S/C7H12N2O4/c10-6(11)9-5-3-8-4-7(5)12-1-2-13-7/h5,8-9H,1-4H2,(H,10,11). The largest absolute Gasteiger partial charge is 0.465 e. The second-order valence-electron chi connectivity index (χ2n) is 3.14. The Morgan fingerprint density at radius 2 is 2.23 bits per heavy atom. The number of hydrogen-bond acceptors (Lipinski definition) is 4. The van der Waals surface area contributed by atoms with Gasteiger partial charge in [0.15, 0.2) is 0 Å². The molecule has 1 spiro atoms. The first-order valence-corrected chi connectivity index (χ1v) is 4.21. The van der Waals surface area contributed by atoms with Crippen LogP contribution < -0.4 is 10.6 Å². The van der Waals surface area contributed by atoms with E-state index in [1.165, 1.54) is 0 Å². The van der Waals surface area contributed by atoms with Crippen LogP contribution in [0.15, 0.2) is 0 Å². The second-order valence-corrected chi connectivity index (χ2v) is 3.14. The summed E-state index contributed by atoms with van der Waals surface area (Å²) in [7, 11) is 0. The molecule has 2 aliphatic heterocycles. The summed E-state index contributed by atoms with van der Waals surface area (Å²) in [4.78, 5) is 10.4. The molecular formula is C7H12N2O4. The van der Waals surface area contributed by atoms with Gasteiger partial charge in [-0.3, -0.25) is 0 Å². The summed E-state index contributed by atoms with van der Waals surface area (Å²) in [6.45, 7) is 2.14. The van der Waals surface area contributed by atoms with Gasteiger partial charge in [-0.05, 0) is 0 Å². The van der Waals surface area contributed by atoms with Gasteiger partial charge in [0.2, 0.25) is 5.79 Å². The fourth-order valence-corrected chi connectivity index (χ4v) is 1.75. The average Bonchev–Trinajstić information content (AvgIpc) is 2.64. The minimum absolute atomic E-state index is 0.313. The number of carboxylic acid groups (broad SMARTS) is 1. The third-order valence-corrected chi connectivity index (χ3v) is 2.32. The lowest BCUT2D eigenvalue weighted by atomic mass is 10.1. The Balaban J connectivity index is 2.04. The highest BCUT2D eigenvalue weighted by atomic mass is 16.7. The zero-order valence-corrected chi connectivity index (χ0v) is 7.08. The van der Waals surface area contributed by atoms with Crippen molar-refractivity contribution in [2.24, 2.45) is 0 Å². The summed E-state index contributed by atoms with van der Waals surface area (Å²) in [6.07, 6.45) is -1.05. The molecule has 2 rings (SSSR count). The Labute approximate surface area is 75.2 Å². The molecule has 3 N–H and O–H groups in total. The van der Waals surface area contributed by atoms with Crippen molar-refractivity contribution in [3.05, 3.63) is 0 Å². The zero-order chi connectivity index (χ0) is 9.31. The number of amides is 1. The van der Waals surface area contributed by atoms with Crippen LogP contribution in [-0.2, 0) is 9.47 Å². The molecule has 6 heteroatoms. The number of hydrogen-bond donors (Lipinski definition) is 3. The zero-order valence-electron chi connectivity index (χ0n) is 7.08. The Morgan fingerprint density at radius 1 is 1.54 bits per heavy atom. The predicted molar refractivity (Wildman–Crippen MR) is 42.5 cm³/mol. The van der Waals surface area contributed by atoms with Crippen molar-refractivity contribution in [1.82, 2.24) is 10.6 Å². The summed E-state index contributed by atoms with van der Waals surface area (Å²) in [5, 5.41) is 14.0. The fraction of sp³-hybridized carbons (Fsp3) is 0.857. The van der Waals surface area contributed by atoms with Crippen molar-refractivity contribution < 1.29 is 19.4 Å². The minimum atomic E-state index is -1.05. The van der Waals surface area contributed by atoms with E-state index in [4.69, 9.17) is 14.6 Å². The molecule has 2 fully saturated rings. The highest BCUT2D eigenvalue weighted by molar-refractivity contribution is 5.65. The second kappa shape index (κ2) is 3.13. The molecule has 1 unspecified atom stereocenters. The van der Waals surface area contributed by atoms with Gasteiger partial charge >= 0.3 is 6.09 Å². The van der Waals surface area contributed by atoms with Gasteiger partial charge in [-0.1, -0.05) is 0 Å². The van der Waals surface area contributed by atoms with E-state index in [0.29, 0.717) is 26.3 Å². The highest BCUT2D eigenvalue weighted by Crippen LogP contribution is 2.26. The van der Waals surface area contributed by atoms with Crippen molar-refractivity contribution in [2.45, 2.75) is 11.8 Å². The topological polar surface area (TPSA) is 79.8 Å². The molecule has 1 amide bonds. The van der Waals surface area contributed by atoms with Crippen LogP contribution in [0.2, 0.25) is 0 Å². The van der Waals surface area contributed by atoms with Gasteiger partial charge in [-0.15, -0.1) is 0 Å². The lowest BCUT2D eigenvalue weighted by Gasteiger charge is -2.27. The van der Waals surface area contributed by atoms with Crippen molar-refractivity contribution in [1.29, 1.82) is 0 Å². The third-order valence-electron chi connectivity index (χ3n) is 2.32. The maximum absolute atomic E-state index is 10.4. The van der Waals surface area contributed by atoms with E-state index in [1.807, 2.05) is 0 Å². The van der Waals surface area contributed by atoms with Crippen LogP contribution in [0.25, 0.3) is 0 Å². The summed E-state index contributed by atoms with van der Waals surface area (Å²) < 4.78 is 10.8. The Hall–Kier alpha value is -0.850. The molecule has 0 saturated carbocycles. The SMILES string of the molecule is O=C(O)NC1CNCC12OCCO2. The minimum Gasteiger partial charge on any atom is -0.465 e. The van der Waals surface area contributed by atoms with E-state index < -0.39 is 11.9 Å². The molecule has 0 bridgehead atoms. The Morgan fingerprint density at radius 3 is 2.85 bits per heavy atom. The fourth-order valence-electron chi connectivity index (χ4n) is 1.75. The van der Waals surface area contributed by atoms with E-state index in [1.54, 1.807) is 0 Å². The van der Waals surface area contributed by atoms with Gasteiger partial charge < -0.3 is 25.2 Å². The van der Waals surface area contributed by atoms with Crippen LogP contribution in [0.4, 0.5) is 4.79 Å². The molecular weight excluding hydrogens is 176 g/mol. The van der Waals surface area contributed by atoms with E-state index in [0.717, 1.165) is 0 Å². The summed E-state index contributed by atoms with van der Waals surface area (Å²) in [5.74, 6) is -0.765. The lowest BCUT2D eigenvalue weighted by Crippen LogP contribution is -2.52. The van der Waals surface area contributed by atoms with E-state index in [-0.39, 0.29) is 6.04 Å². The highest BCUT2D eigenvalue weighted by Gasteiger charge is 2.48. The van der Waals surface area contributed by atoms with Crippen LogP contribution in [-0.4, -0.2) is 49.3 Å². The molecule has 0 aliphatic carbocycles. The average molecular weight is 188 g/mol. The van der Waals surface area contributed by atoms with E-state index in [2.05, 4.69) is 10.6 Å². The summed E-state index contributed by atoms with van der Waals surface area (Å²) >= 11 is 0. The maximum atomic E-state index is 10.4. The van der Waals surface area contributed by atoms with Crippen molar-refractivity contribution in [3.8, 4) is 0 Å². The summed E-state index contributed by atoms with van der Waals surface area (Å²) in [5.41, 5.74) is 0. The normalized spacial score (nSPS) is 30.9. The first-order valence-electron chi connectivity index (χ1n) is 4.21. The first kappa shape index (κ1) is 8.74. The smallest absolute Gasteiger partial charge is 0.405 e. The van der Waals surface area contributed by atoms with Crippen molar-refractivity contribution in [2.75, 3.05) is 26.3 Å². The van der Waals surface area contributed by atoms with Crippen molar-refractivity contribution in [3.63, 3.8) is 0 Å². The maximum Gasteiger partial charge on any atom is 0.405 e.